The van der Waals surface area contributed by atoms with E-state index in [-0.39, 0.29) is 16.7 Å². The summed E-state index contributed by atoms with van der Waals surface area (Å²) >= 11 is 6.21. The molecule has 0 spiro atoms. The zero-order valence-electron chi connectivity index (χ0n) is 16.8. The molecule has 156 valence electrons. The lowest BCUT2D eigenvalue weighted by Gasteiger charge is -2.16. The molecule has 1 N–H and O–H groups in total. The van der Waals surface area contributed by atoms with E-state index in [0.29, 0.717) is 29.5 Å². The highest BCUT2D eigenvalue weighted by Crippen LogP contribution is 2.37. The van der Waals surface area contributed by atoms with E-state index in [4.69, 9.17) is 30.5 Å². The molecule has 1 amide bonds. The van der Waals surface area contributed by atoms with Crippen LogP contribution < -0.4 is 19.5 Å². The summed E-state index contributed by atoms with van der Waals surface area (Å²) in [5, 5.41) is 2.86. The Kier molecular flexibility index (Phi) is 8.15. The SMILES string of the molecule is CCOc1ccccc1NC(=O)COC(=O)c1cc(Cl)c(OC(C)C)c(OC)c1. The van der Waals surface area contributed by atoms with E-state index < -0.39 is 18.5 Å². The number of benzene rings is 2. The number of hydrogen-bond acceptors (Lipinski definition) is 6. The molecule has 0 aliphatic heterocycles. The minimum Gasteiger partial charge on any atom is -0.493 e. The van der Waals surface area contributed by atoms with Gasteiger partial charge in [0.1, 0.15) is 5.75 Å². The lowest BCUT2D eigenvalue weighted by Crippen LogP contribution is -2.21. The summed E-state index contributed by atoms with van der Waals surface area (Å²) in [4.78, 5) is 24.5. The molecule has 0 unspecified atom stereocenters. The standard InChI is InChI=1S/C21H24ClNO6/c1-5-27-17-9-7-6-8-16(17)23-19(24)12-28-21(25)14-10-15(22)20(29-13(2)3)18(11-14)26-4/h6-11,13H,5,12H2,1-4H3,(H,23,24). The summed E-state index contributed by atoms with van der Waals surface area (Å²) in [6.45, 7) is 5.53. The highest BCUT2D eigenvalue weighted by Gasteiger charge is 2.19. The van der Waals surface area contributed by atoms with Gasteiger partial charge in [-0.1, -0.05) is 23.7 Å². The number of hydrogen-bond donors (Lipinski definition) is 1. The molecule has 2 aromatic rings. The average Bonchev–Trinajstić information content (AvgIpc) is 2.68. The van der Waals surface area contributed by atoms with Gasteiger partial charge in [0.2, 0.25) is 0 Å². The smallest absolute Gasteiger partial charge is 0.338 e. The number of nitrogens with one attached hydrogen (secondary N) is 1. The van der Waals surface area contributed by atoms with Crippen LogP contribution >= 0.6 is 11.6 Å². The number of esters is 1. The van der Waals surface area contributed by atoms with Gasteiger partial charge < -0.3 is 24.3 Å². The lowest BCUT2D eigenvalue weighted by atomic mass is 10.2. The van der Waals surface area contributed by atoms with E-state index in [0.717, 1.165) is 0 Å². The number of rotatable bonds is 9. The average molecular weight is 422 g/mol. The Balaban J connectivity index is 2.03. The second-order valence-corrected chi connectivity index (χ2v) is 6.62. The van der Waals surface area contributed by atoms with Gasteiger partial charge >= 0.3 is 5.97 Å². The summed E-state index contributed by atoms with van der Waals surface area (Å²) in [6, 6.07) is 9.85. The number of amides is 1. The van der Waals surface area contributed by atoms with Crippen LogP contribution in [0.25, 0.3) is 0 Å². The van der Waals surface area contributed by atoms with Crippen LogP contribution in [0, 0.1) is 0 Å². The number of anilines is 1. The first-order valence-corrected chi connectivity index (χ1v) is 9.46. The number of ether oxygens (including phenoxy) is 4. The van der Waals surface area contributed by atoms with Crippen molar-refractivity contribution < 1.29 is 28.5 Å². The number of carbonyl (C=O) groups excluding carboxylic acids is 2. The van der Waals surface area contributed by atoms with E-state index in [1.807, 2.05) is 20.8 Å². The molecule has 29 heavy (non-hydrogen) atoms. The molecule has 8 heteroatoms. The fourth-order valence-electron chi connectivity index (χ4n) is 2.44. The van der Waals surface area contributed by atoms with E-state index in [2.05, 4.69) is 5.32 Å². The van der Waals surface area contributed by atoms with Crippen molar-refractivity contribution in [2.24, 2.45) is 0 Å². The van der Waals surface area contributed by atoms with Crippen molar-refractivity contribution in [1.29, 1.82) is 0 Å². The Morgan fingerprint density at radius 3 is 2.52 bits per heavy atom. The Morgan fingerprint density at radius 2 is 1.86 bits per heavy atom. The van der Waals surface area contributed by atoms with E-state index in [1.54, 1.807) is 24.3 Å². The third kappa shape index (κ3) is 6.29. The van der Waals surface area contributed by atoms with Crippen LogP contribution in [-0.4, -0.2) is 38.3 Å². The molecule has 0 aliphatic carbocycles. The molecule has 0 fully saturated rings. The van der Waals surface area contributed by atoms with Crippen molar-refractivity contribution >= 4 is 29.2 Å². The van der Waals surface area contributed by atoms with Gasteiger partial charge in [0, 0.05) is 0 Å². The number of methoxy groups -OCH3 is 1. The summed E-state index contributed by atoms with van der Waals surface area (Å²) in [7, 11) is 1.44. The second kappa shape index (κ2) is 10.6. The summed E-state index contributed by atoms with van der Waals surface area (Å²) < 4.78 is 21.4. The molecular formula is C21H24ClNO6. The lowest BCUT2D eigenvalue weighted by molar-refractivity contribution is -0.119. The van der Waals surface area contributed by atoms with Gasteiger partial charge in [-0.05, 0) is 45.0 Å². The minimum atomic E-state index is -0.713. The maximum Gasteiger partial charge on any atom is 0.338 e. The Morgan fingerprint density at radius 1 is 1.14 bits per heavy atom. The zero-order chi connectivity index (χ0) is 21.4. The first-order chi connectivity index (χ1) is 13.8. The normalized spacial score (nSPS) is 10.4. The molecule has 0 aromatic heterocycles. The molecule has 0 bridgehead atoms. The quantitative estimate of drug-likeness (QED) is 0.607. The van der Waals surface area contributed by atoms with E-state index >= 15 is 0 Å². The second-order valence-electron chi connectivity index (χ2n) is 6.21. The molecular weight excluding hydrogens is 398 g/mol. The van der Waals surface area contributed by atoms with Gasteiger partial charge in [0.25, 0.3) is 5.91 Å². The van der Waals surface area contributed by atoms with Crippen LogP contribution in [-0.2, 0) is 9.53 Å². The Bertz CT molecular complexity index is 868. The molecule has 0 aliphatic rings. The van der Waals surface area contributed by atoms with Gasteiger partial charge in [-0.3, -0.25) is 4.79 Å². The molecule has 0 radical (unpaired) electrons. The van der Waals surface area contributed by atoms with Crippen LogP contribution in [0.2, 0.25) is 5.02 Å². The molecule has 0 saturated heterocycles. The van der Waals surface area contributed by atoms with Gasteiger partial charge in [0.05, 0.1) is 36.1 Å². The van der Waals surface area contributed by atoms with E-state index in [1.165, 1.54) is 19.2 Å². The van der Waals surface area contributed by atoms with Crippen LogP contribution in [0.1, 0.15) is 31.1 Å². The molecule has 0 saturated carbocycles. The van der Waals surface area contributed by atoms with Crippen LogP contribution in [0.15, 0.2) is 36.4 Å². The van der Waals surface area contributed by atoms with Crippen LogP contribution in [0.3, 0.4) is 0 Å². The number of carbonyl (C=O) groups is 2. The zero-order valence-corrected chi connectivity index (χ0v) is 17.5. The third-order valence-corrected chi connectivity index (χ3v) is 3.89. The minimum absolute atomic E-state index is 0.123. The number of halogens is 1. The van der Waals surface area contributed by atoms with Gasteiger partial charge in [-0.15, -0.1) is 0 Å². The number of para-hydroxylation sites is 2. The van der Waals surface area contributed by atoms with Crippen molar-refractivity contribution in [3.05, 3.63) is 47.0 Å². The first kappa shape index (κ1) is 22.4. The van der Waals surface area contributed by atoms with Gasteiger partial charge in [0.15, 0.2) is 18.1 Å². The Labute approximate surface area is 174 Å². The maximum atomic E-state index is 12.3. The highest BCUT2D eigenvalue weighted by atomic mass is 35.5. The fourth-order valence-corrected chi connectivity index (χ4v) is 2.69. The fraction of sp³-hybridized carbons (Fsp3) is 0.333. The third-order valence-electron chi connectivity index (χ3n) is 3.61. The summed E-state index contributed by atoms with van der Waals surface area (Å²) in [6.07, 6.45) is -0.123. The molecule has 0 atom stereocenters. The van der Waals surface area contributed by atoms with Crippen LogP contribution in [0.4, 0.5) is 5.69 Å². The van der Waals surface area contributed by atoms with E-state index in [9.17, 15) is 9.59 Å². The molecule has 2 aromatic carbocycles. The predicted octanol–water partition coefficient (Wildman–Crippen LogP) is 4.33. The topological polar surface area (TPSA) is 83.1 Å². The predicted molar refractivity (Wildman–Crippen MR) is 110 cm³/mol. The van der Waals surface area contributed by atoms with Crippen molar-refractivity contribution in [2.45, 2.75) is 26.9 Å². The summed E-state index contributed by atoms with van der Waals surface area (Å²) in [5.41, 5.74) is 0.640. The van der Waals surface area contributed by atoms with Gasteiger partial charge in [-0.25, -0.2) is 4.79 Å². The first-order valence-electron chi connectivity index (χ1n) is 9.08. The maximum absolute atomic E-state index is 12.3. The molecule has 0 heterocycles. The van der Waals surface area contributed by atoms with Crippen molar-refractivity contribution in [3.8, 4) is 17.2 Å². The molecule has 7 nitrogen and oxygen atoms in total. The molecule has 2 rings (SSSR count). The largest absolute Gasteiger partial charge is 0.493 e. The monoisotopic (exact) mass is 421 g/mol. The summed E-state index contributed by atoms with van der Waals surface area (Å²) in [5.74, 6) is -0.0379. The van der Waals surface area contributed by atoms with Crippen molar-refractivity contribution in [1.82, 2.24) is 0 Å². The van der Waals surface area contributed by atoms with Crippen molar-refractivity contribution in [2.75, 3.05) is 25.6 Å². The highest BCUT2D eigenvalue weighted by molar-refractivity contribution is 6.32. The Hall–Kier alpha value is -2.93. The van der Waals surface area contributed by atoms with Crippen LogP contribution in [0.5, 0.6) is 17.2 Å². The van der Waals surface area contributed by atoms with Gasteiger partial charge in [-0.2, -0.15) is 0 Å². The van der Waals surface area contributed by atoms with Crippen molar-refractivity contribution in [3.63, 3.8) is 0 Å².